The predicted octanol–water partition coefficient (Wildman–Crippen LogP) is 4.09. The highest BCUT2D eigenvalue weighted by Gasteiger charge is 2.14. The number of nitrogens with two attached hydrogens (primary N) is 1. The minimum Gasteiger partial charge on any atom is -0.456 e. The zero-order valence-electron chi connectivity index (χ0n) is 15.7. The Morgan fingerprint density at radius 2 is 2.00 bits per heavy atom. The molecule has 0 bridgehead atoms. The summed E-state index contributed by atoms with van der Waals surface area (Å²) in [5.74, 6) is 1.28. The molecule has 0 fully saturated rings. The zero-order chi connectivity index (χ0) is 19.4. The molecule has 0 saturated heterocycles. The Morgan fingerprint density at radius 3 is 2.58 bits per heavy atom. The molecule has 2 rings (SSSR count). The van der Waals surface area contributed by atoms with Gasteiger partial charge in [0.2, 0.25) is 0 Å². The third-order valence-electron chi connectivity index (χ3n) is 4.03. The van der Waals surface area contributed by atoms with Crippen LogP contribution in [-0.2, 0) is 7.05 Å². The number of hydrogen-bond acceptors (Lipinski definition) is 4. The number of aromatic nitrogens is 1. The summed E-state index contributed by atoms with van der Waals surface area (Å²) in [7, 11) is 3.42. The molecule has 5 nitrogen and oxygen atoms in total. The van der Waals surface area contributed by atoms with Gasteiger partial charge in [0, 0.05) is 37.1 Å². The molecule has 0 atom stereocenters. The molecule has 0 radical (unpaired) electrons. The van der Waals surface area contributed by atoms with Crippen LogP contribution < -0.4 is 21.3 Å². The number of pyridine rings is 1. The third-order valence-corrected chi connectivity index (χ3v) is 4.03. The van der Waals surface area contributed by atoms with E-state index in [1.54, 1.807) is 38.5 Å². The number of allylic oxidation sites excluding steroid dienone is 3. The molecular weight excluding hydrogens is 326 g/mol. The number of anilines is 2. The first kappa shape index (κ1) is 19.1. The number of ether oxygens (including phenoxy) is 1. The number of rotatable bonds is 6. The second-order valence-electron chi connectivity index (χ2n) is 6.16. The molecule has 1 aromatic carbocycles. The molecule has 5 heteroatoms. The summed E-state index contributed by atoms with van der Waals surface area (Å²) in [5, 5.41) is 2.92. The van der Waals surface area contributed by atoms with Gasteiger partial charge in [-0.2, -0.15) is 0 Å². The summed E-state index contributed by atoms with van der Waals surface area (Å²) in [6.45, 7) is 11.6. The molecule has 1 aromatic heterocycles. The number of benzene rings is 1. The van der Waals surface area contributed by atoms with Crippen molar-refractivity contribution >= 4 is 11.4 Å². The molecular formula is C21H25N3O2. The van der Waals surface area contributed by atoms with Crippen molar-refractivity contribution in [2.45, 2.75) is 13.8 Å². The molecule has 3 N–H and O–H groups in total. The van der Waals surface area contributed by atoms with E-state index in [1.807, 2.05) is 26.0 Å². The monoisotopic (exact) mass is 351 g/mol. The van der Waals surface area contributed by atoms with Crippen molar-refractivity contribution < 1.29 is 4.74 Å². The van der Waals surface area contributed by atoms with Crippen LogP contribution in [0.3, 0.4) is 0 Å². The minimum absolute atomic E-state index is 0.104. The highest BCUT2D eigenvalue weighted by Crippen LogP contribution is 2.35. The van der Waals surface area contributed by atoms with Crippen molar-refractivity contribution in [3.8, 4) is 16.9 Å². The van der Waals surface area contributed by atoms with Crippen molar-refractivity contribution in [3.05, 3.63) is 77.0 Å². The van der Waals surface area contributed by atoms with Crippen LogP contribution in [0.5, 0.6) is 5.75 Å². The maximum absolute atomic E-state index is 12.1. The lowest BCUT2D eigenvalue weighted by molar-refractivity contribution is 0.433. The van der Waals surface area contributed by atoms with Gasteiger partial charge in [0.1, 0.15) is 17.2 Å². The van der Waals surface area contributed by atoms with E-state index in [-0.39, 0.29) is 5.56 Å². The third kappa shape index (κ3) is 3.88. The van der Waals surface area contributed by atoms with Crippen molar-refractivity contribution in [1.29, 1.82) is 0 Å². The summed E-state index contributed by atoms with van der Waals surface area (Å²) in [6.07, 6.45) is 3.49. The number of nitrogen functional groups attached to an aromatic ring is 1. The summed E-state index contributed by atoms with van der Waals surface area (Å²) < 4.78 is 7.68. The number of nitrogens with zero attached hydrogens (tertiary/aromatic N) is 1. The van der Waals surface area contributed by atoms with E-state index in [2.05, 4.69) is 18.5 Å². The Morgan fingerprint density at radius 1 is 1.31 bits per heavy atom. The summed E-state index contributed by atoms with van der Waals surface area (Å²) in [4.78, 5) is 12.1. The lowest BCUT2D eigenvalue weighted by atomic mass is 10.0. The van der Waals surface area contributed by atoms with Gasteiger partial charge in [-0.25, -0.2) is 0 Å². The molecule has 0 spiro atoms. The van der Waals surface area contributed by atoms with E-state index in [1.165, 1.54) is 4.57 Å². The Kier molecular flexibility index (Phi) is 5.72. The fraction of sp³-hybridized carbons (Fsp3) is 0.190. The molecule has 0 saturated carbocycles. The Bertz CT molecular complexity index is 952. The maximum Gasteiger partial charge on any atom is 0.273 e. The van der Waals surface area contributed by atoms with Crippen LogP contribution >= 0.6 is 0 Å². The molecule has 0 aliphatic rings. The van der Waals surface area contributed by atoms with Crippen LogP contribution in [-0.4, -0.2) is 11.6 Å². The summed E-state index contributed by atoms with van der Waals surface area (Å²) >= 11 is 0. The van der Waals surface area contributed by atoms with E-state index in [0.717, 1.165) is 22.3 Å². The summed E-state index contributed by atoms with van der Waals surface area (Å²) in [6, 6.07) is 7.20. The van der Waals surface area contributed by atoms with Crippen LogP contribution in [0.4, 0.5) is 11.4 Å². The second-order valence-corrected chi connectivity index (χ2v) is 6.16. The van der Waals surface area contributed by atoms with Crippen molar-refractivity contribution in [2.24, 2.45) is 7.05 Å². The molecule has 26 heavy (non-hydrogen) atoms. The predicted molar refractivity (Wildman–Crippen MR) is 109 cm³/mol. The Balaban J connectivity index is 2.67. The fourth-order valence-corrected chi connectivity index (χ4v) is 2.61. The molecule has 2 aromatic rings. The average Bonchev–Trinajstić information content (AvgIpc) is 2.61. The number of nitrogens with one attached hydrogen (secondary N) is 1. The van der Waals surface area contributed by atoms with E-state index < -0.39 is 0 Å². The fourth-order valence-electron chi connectivity index (χ4n) is 2.61. The zero-order valence-corrected chi connectivity index (χ0v) is 15.7. The Hall–Kier alpha value is -3.21. The quantitative estimate of drug-likeness (QED) is 0.467. The first-order valence-corrected chi connectivity index (χ1v) is 8.23. The van der Waals surface area contributed by atoms with E-state index in [9.17, 15) is 4.79 Å². The first-order valence-electron chi connectivity index (χ1n) is 8.23. The normalized spacial score (nSPS) is 11.5. The number of hydrogen-bond donors (Lipinski definition) is 2. The van der Waals surface area contributed by atoms with Crippen LogP contribution in [0.15, 0.2) is 71.4 Å². The SMILES string of the molecule is C=C/C(C)=C(/Oc1ccc(N)cc1-c1cc(NC)c(=O)n(C)c1)C(=C)C. The van der Waals surface area contributed by atoms with Crippen LogP contribution in [0.2, 0.25) is 0 Å². The lowest BCUT2D eigenvalue weighted by Crippen LogP contribution is -2.19. The van der Waals surface area contributed by atoms with Gasteiger partial charge >= 0.3 is 0 Å². The van der Waals surface area contributed by atoms with Gasteiger partial charge in [-0.05, 0) is 49.3 Å². The molecule has 0 aliphatic carbocycles. The van der Waals surface area contributed by atoms with Gasteiger partial charge in [0.25, 0.3) is 5.56 Å². The highest BCUT2D eigenvalue weighted by atomic mass is 16.5. The summed E-state index contributed by atoms with van der Waals surface area (Å²) in [5.41, 5.74) is 10.3. The molecule has 1 heterocycles. The first-order chi connectivity index (χ1) is 12.3. The standard InChI is InChI=1S/C21H25N3O2/c1-7-14(4)20(13(2)3)26-19-9-8-16(22)11-17(19)15-10-18(23-5)21(25)24(6)12-15/h7-12,23H,1-2,22H2,3-6H3/b20-14+. The van der Waals surface area contributed by atoms with Gasteiger partial charge in [-0.1, -0.05) is 19.2 Å². The van der Waals surface area contributed by atoms with Gasteiger partial charge in [-0.3, -0.25) is 4.79 Å². The molecule has 0 unspecified atom stereocenters. The van der Waals surface area contributed by atoms with Crippen LogP contribution in [0.1, 0.15) is 13.8 Å². The highest BCUT2D eigenvalue weighted by molar-refractivity contribution is 5.76. The lowest BCUT2D eigenvalue weighted by Gasteiger charge is -2.17. The molecule has 0 amide bonds. The van der Waals surface area contributed by atoms with Gasteiger partial charge in [0.05, 0.1) is 0 Å². The minimum atomic E-state index is -0.104. The smallest absolute Gasteiger partial charge is 0.273 e. The van der Waals surface area contributed by atoms with E-state index >= 15 is 0 Å². The molecule has 136 valence electrons. The van der Waals surface area contributed by atoms with Crippen LogP contribution in [0.25, 0.3) is 11.1 Å². The number of aryl methyl sites for hydroxylation is 1. The molecule has 0 aliphatic heterocycles. The van der Waals surface area contributed by atoms with Gasteiger partial charge in [0.15, 0.2) is 0 Å². The van der Waals surface area contributed by atoms with Crippen LogP contribution in [0, 0.1) is 0 Å². The second kappa shape index (κ2) is 7.78. The topological polar surface area (TPSA) is 69.3 Å². The average molecular weight is 351 g/mol. The maximum atomic E-state index is 12.1. The van der Waals surface area contributed by atoms with Crippen molar-refractivity contribution in [2.75, 3.05) is 18.1 Å². The van der Waals surface area contributed by atoms with Gasteiger partial charge in [-0.15, -0.1) is 0 Å². The van der Waals surface area contributed by atoms with E-state index in [0.29, 0.717) is 22.9 Å². The Labute approximate surface area is 154 Å². The van der Waals surface area contributed by atoms with Crippen molar-refractivity contribution in [3.63, 3.8) is 0 Å². The van der Waals surface area contributed by atoms with Crippen molar-refractivity contribution in [1.82, 2.24) is 4.57 Å². The largest absolute Gasteiger partial charge is 0.456 e. The van der Waals surface area contributed by atoms with E-state index in [4.69, 9.17) is 10.5 Å². The van der Waals surface area contributed by atoms with Gasteiger partial charge < -0.3 is 20.4 Å².